The smallest absolute Gasteiger partial charge is 0.237 e. The van der Waals surface area contributed by atoms with E-state index in [9.17, 15) is 4.79 Å². The van der Waals surface area contributed by atoms with Crippen molar-refractivity contribution in [1.29, 1.82) is 0 Å². The van der Waals surface area contributed by atoms with Crippen LogP contribution in [0.15, 0.2) is 72.4 Å². The molecule has 8 heteroatoms. The van der Waals surface area contributed by atoms with Gasteiger partial charge in [-0.05, 0) is 31.2 Å². The predicted molar refractivity (Wildman–Crippen MR) is 129 cm³/mol. The zero-order valence-corrected chi connectivity index (χ0v) is 19.0. The summed E-state index contributed by atoms with van der Waals surface area (Å²) >= 11 is 1.39. The van der Waals surface area contributed by atoms with Crippen LogP contribution in [-0.4, -0.2) is 59.3 Å². The van der Waals surface area contributed by atoms with Crippen molar-refractivity contribution < 1.29 is 9.53 Å². The van der Waals surface area contributed by atoms with Gasteiger partial charge in [-0.2, -0.15) is 0 Å². The molecule has 32 heavy (non-hydrogen) atoms. The summed E-state index contributed by atoms with van der Waals surface area (Å²) in [6, 6.07) is 17.9. The van der Waals surface area contributed by atoms with E-state index in [-0.39, 0.29) is 11.7 Å². The van der Waals surface area contributed by atoms with Crippen LogP contribution >= 0.6 is 11.8 Å². The molecule has 1 saturated heterocycles. The van der Waals surface area contributed by atoms with Crippen LogP contribution in [0, 0.1) is 6.92 Å². The Balaban J connectivity index is 1.59. The second-order valence-corrected chi connectivity index (χ2v) is 8.41. The Morgan fingerprint density at radius 2 is 1.84 bits per heavy atom. The maximum absolute atomic E-state index is 13.1. The summed E-state index contributed by atoms with van der Waals surface area (Å²) in [5, 5.41) is 9.61. The van der Waals surface area contributed by atoms with E-state index in [4.69, 9.17) is 4.74 Å². The van der Waals surface area contributed by atoms with Gasteiger partial charge in [0.2, 0.25) is 11.9 Å². The van der Waals surface area contributed by atoms with Gasteiger partial charge in [-0.3, -0.25) is 9.36 Å². The molecule has 2 heterocycles. The lowest BCUT2D eigenvalue weighted by atomic mass is 10.2. The van der Waals surface area contributed by atoms with E-state index in [1.165, 1.54) is 17.3 Å². The van der Waals surface area contributed by atoms with Gasteiger partial charge in [-0.25, -0.2) is 0 Å². The van der Waals surface area contributed by atoms with E-state index in [2.05, 4.69) is 52.9 Å². The summed E-state index contributed by atoms with van der Waals surface area (Å²) in [4.78, 5) is 17.0. The number of thioether (sulfide) groups is 1. The molecule has 0 N–H and O–H groups in total. The number of para-hydroxylation sites is 1. The van der Waals surface area contributed by atoms with E-state index < -0.39 is 0 Å². The van der Waals surface area contributed by atoms with Crippen LogP contribution in [-0.2, 0) is 9.53 Å². The Morgan fingerprint density at radius 3 is 2.53 bits per heavy atom. The second-order valence-electron chi connectivity index (χ2n) is 7.47. The highest BCUT2D eigenvalue weighted by Crippen LogP contribution is 2.28. The lowest BCUT2D eigenvalue weighted by molar-refractivity contribution is -0.116. The highest BCUT2D eigenvalue weighted by molar-refractivity contribution is 7.99. The van der Waals surface area contributed by atoms with Gasteiger partial charge in [-0.15, -0.1) is 16.8 Å². The number of carbonyl (C=O) groups excluding carboxylic acids is 1. The number of morpholine rings is 1. The van der Waals surface area contributed by atoms with Gasteiger partial charge in [0.15, 0.2) is 5.16 Å². The molecule has 166 valence electrons. The molecule has 0 radical (unpaired) electrons. The van der Waals surface area contributed by atoms with Gasteiger partial charge >= 0.3 is 0 Å². The van der Waals surface area contributed by atoms with Crippen molar-refractivity contribution in [2.45, 2.75) is 12.1 Å². The molecule has 1 aliphatic heterocycles. The fourth-order valence-corrected chi connectivity index (χ4v) is 4.36. The lowest BCUT2D eigenvalue weighted by Gasteiger charge is -2.28. The van der Waals surface area contributed by atoms with Crippen LogP contribution in [0.25, 0.3) is 5.69 Å². The van der Waals surface area contributed by atoms with Gasteiger partial charge in [-0.1, -0.05) is 53.7 Å². The van der Waals surface area contributed by atoms with Crippen LogP contribution in [0.3, 0.4) is 0 Å². The van der Waals surface area contributed by atoms with E-state index in [0.29, 0.717) is 24.9 Å². The van der Waals surface area contributed by atoms with Gasteiger partial charge in [0.05, 0.1) is 24.7 Å². The van der Waals surface area contributed by atoms with E-state index in [1.54, 1.807) is 11.0 Å². The first-order valence-corrected chi connectivity index (χ1v) is 11.6. The normalized spacial score (nSPS) is 13.7. The number of nitrogens with zero attached hydrogens (tertiary/aromatic N) is 5. The summed E-state index contributed by atoms with van der Waals surface area (Å²) in [6.45, 7) is 9.15. The Morgan fingerprint density at radius 1 is 1.12 bits per heavy atom. The molecule has 0 aliphatic carbocycles. The van der Waals surface area contributed by atoms with Crippen LogP contribution in [0.1, 0.15) is 5.56 Å². The third-order valence-electron chi connectivity index (χ3n) is 5.21. The van der Waals surface area contributed by atoms with Crippen molar-refractivity contribution in [3.63, 3.8) is 0 Å². The molecule has 7 nitrogen and oxygen atoms in total. The maximum Gasteiger partial charge on any atom is 0.237 e. The SMILES string of the molecule is C=CCN(C(=O)CSc1nnc(N2CCOCC2)n1-c1ccc(C)cc1)c1ccccc1. The molecule has 0 bridgehead atoms. The van der Waals surface area contributed by atoms with E-state index >= 15 is 0 Å². The number of benzene rings is 2. The number of hydrogen-bond donors (Lipinski definition) is 0. The molecule has 3 aromatic rings. The van der Waals surface area contributed by atoms with Crippen LogP contribution in [0.5, 0.6) is 0 Å². The lowest BCUT2D eigenvalue weighted by Crippen LogP contribution is -2.38. The highest BCUT2D eigenvalue weighted by Gasteiger charge is 2.23. The molecule has 0 spiro atoms. The van der Waals surface area contributed by atoms with Crippen LogP contribution in [0.2, 0.25) is 0 Å². The third-order valence-corrected chi connectivity index (χ3v) is 6.12. The first-order chi connectivity index (χ1) is 15.7. The van der Waals surface area contributed by atoms with Gasteiger partial charge in [0.1, 0.15) is 0 Å². The Bertz CT molecular complexity index is 1050. The third kappa shape index (κ3) is 5.03. The minimum atomic E-state index is -0.00696. The number of anilines is 2. The Labute approximate surface area is 192 Å². The summed E-state index contributed by atoms with van der Waals surface area (Å²) in [5.41, 5.74) is 3.01. The number of aryl methyl sites for hydroxylation is 1. The molecule has 0 unspecified atom stereocenters. The summed E-state index contributed by atoms with van der Waals surface area (Å²) < 4.78 is 7.53. The topological polar surface area (TPSA) is 63.5 Å². The largest absolute Gasteiger partial charge is 0.378 e. The van der Waals surface area contributed by atoms with Crippen molar-refractivity contribution in [1.82, 2.24) is 14.8 Å². The zero-order valence-electron chi connectivity index (χ0n) is 18.2. The second kappa shape index (κ2) is 10.5. The van der Waals surface area contributed by atoms with Crippen LogP contribution < -0.4 is 9.80 Å². The number of aromatic nitrogens is 3. The number of rotatable bonds is 8. The minimum Gasteiger partial charge on any atom is -0.378 e. The highest BCUT2D eigenvalue weighted by atomic mass is 32.2. The van der Waals surface area contributed by atoms with Gasteiger partial charge in [0, 0.05) is 25.3 Å². The van der Waals surface area contributed by atoms with Crippen molar-refractivity contribution in [2.75, 3.05) is 48.4 Å². The number of amides is 1. The number of carbonyl (C=O) groups is 1. The quantitative estimate of drug-likeness (QED) is 0.386. The first-order valence-electron chi connectivity index (χ1n) is 10.6. The minimum absolute atomic E-state index is 0.00696. The Hall–Kier alpha value is -3.10. The van der Waals surface area contributed by atoms with Crippen molar-refractivity contribution >= 4 is 29.3 Å². The predicted octanol–water partition coefficient (Wildman–Crippen LogP) is 3.72. The van der Waals surface area contributed by atoms with Crippen molar-refractivity contribution in [3.8, 4) is 5.69 Å². The molecule has 1 aromatic heterocycles. The fraction of sp³-hybridized carbons (Fsp3) is 0.292. The van der Waals surface area contributed by atoms with E-state index in [1.807, 2.05) is 34.9 Å². The number of ether oxygens (including phenoxy) is 1. The first kappa shape index (κ1) is 22.1. The molecule has 4 rings (SSSR count). The Kier molecular flexibility index (Phi) is 7.24. The zero-order chi connectivity index (χ0) is 22.3. The van der Waals surface area contributed by atoms with Crippen molar-refractivity contribution in [3.05, 3.63) is 72.8 Å². The monoisotopic (exact) mass is 449 g/mol. The molecule has 1 fully saturated rings. The fourth-order valence-electron chi connectivity index (χ4n) is 3.54. The molecule has 0 saturated carbocycles. The molecular formula is C24H27N5O2S. The maximum atomic E-state index is 13.1. The molecule has 1 amide bonds. The van der Waals surface area contributed by atoms with Crippen molar-refractivity contribution in [2.24, 2.45) is 0 Å². The summed E-state index contributed by atoms with van der Waals surface area (Å²) in [5.74, 6) is 1.01. The van der Waals surface area contributed by atoms with E-state index in [0.717, 1.165) is 30.4 Å². The number of hydrogen-bond acceptors (Lipinski definition) is 6. The van der Waals surface area contributed by atoms with Gasteiger partial charge in [0.25, 0.3) is 0 Å². The standard InChI is InChI=1S/C24H27N5O2S/c1-3-13-28(20-7-5-4-6-8-20)22(30)18-32-24-26-25-23(27-14-16-31-17-15-27)29(24)21-11-9-19(2)10-12-21/h3-12H,1,13-18H2,2H3. The molecular weight excluding hydrogens is 422 g/mol. The summed E-state index contributed by atoms with van der Waals surface area (Å²) in [7, 11) is 0. The average Bonchev–Trinajstić information content (AvgIpc) is 3.26. The molecule has 0 atom stereocenters. The molecule has 1 aliphatic rings. The average molecular weight is 450 g/mol. The van der Waals surface area contributed by atoms with Crippen LogP contribution in [0.4, 0.5) is 11.6 Å². The summed E-state index contributed by atoms with van der Waals surface area (Å²) in [6.07, 6.45) is 1.74. The van der Waals surface area contributed by atoms with Gasteiger partial charge < -0.3 is 14.5 Å². The molecule has 2 aromatic carbocycles.